The number of rotatable bonds is 5. The van der Waals surface area contributed by atoms with Gasteiger partial charge in [-0.2, -0.15) is 5.26 Å². The van der Waals surface area contributed by atoms with Crippen LogP contribution in [0.3, 0.4) is 0 Å². The maximum absolute atomic E-state index is 13.2. The number of nitrogens with one attached hydrogen (secondary N) is 1. The van der Waals surface area contributed by atoms with Crippen LogP contribution in [0, 0.1) is 17.1 Å². The van der Waals surface area contributed by atoms with Gasteiger partial charge in [-0.1, -0.05) is 37.3 Å². The zero-order valence-corrected chi connectivity index (χ0v) is 11.4. The fourth-order valence-electron chi connectivity index (χ4n) is 2.14. The van der Waals surface area contributed by atoms with Gasteiger partial charge < -0.3 is 5.32 Å². The highest BCUT2D eigenvalue weighted by molar-refractivity contribution is 5.37. The van der Waals surface area contributed by atoms with Crippen LogP contribution < -0.4 is 5.32 Å². The predicted molar refractivity (Wildman–Crippen MR) is 77.7 cm³/mol. The Bertz CT molecular complexity index is 602. The molecule has 0 saturated carbocycles. The third kappa shape index (κ3) is 3.66. The van der Waals surface area contributed by atoms with Gasteiger partial charge in [0.15, 0.2) is 0 Å². The van der Waals surface area contributed by atoms with Crippen LogP contribution >= 0.6 is 0 Å². The highest BCUT2D eigenvalue weighted by atomic mass is 19.1. The minimum atomic E-state index is -0.308. The molecule has 3 heteroatoms. The van der Waals surface area contributed by atoms with Crippen molar-refractivity contribution in [2.75, 3.05) is 6.54 Å². The molecule has 0 radical (unpaired) electrons. The van der Waals surface area contributed by atoms with E-state index in [2.05, 4.69) is 30.4 Å². The average molecular weight is 268 g/mol. The van der Waals surface area contributed by atoms with Gasteiger partial charge in [0.25, 0.3) is 0 Å². The average Bonchev–Trinajstić information content (AvgIpc) is 2.48. The molecule has 0 heterocycles. The van der Waals surface area contributed by atoms with Crippen molar-refractivity contribution in [3.63, 3.8) is 0 Å². The monoisotopic (exact) mass is 268 g/mol. The molecular formula is C17H17FN2. The second-order valence-electron chi connectivity index (χ2n) is 4.86. The van der Waals surface area contributed by atoms with Gasteiger partial charge >= 0.3 is 0 Å². The van der Waals surface area contributed by atoms with E-state index in [4.69, 9.17) is 5.26 Å². The van der Waals surface area contributed by atoms with E-state index in [1.807, 2.05) is 18.2 Å². The van der Waals surface area contributed by atoms with Crippen molar-refractivity contribution in [1.29, 1.82) is 5.26 Å². The summed E-state index contributed by atoms with van der Waals surface area (Å²) in [6.07, 6.45) is 0. The van der Waals surface area contributed by atoms with Gasteiger partial charge in [0.1, 0.15) is 5.82 Å². The highest BCUT2D eigenvalue weighted by Crippen LogP contribution is 2.14. The molecule has 1 unspecified atom stereocenters. The molecule has 0 aliphatic carbocycles. The van der Waals surface area contributed by atoms with E-state index in [0.717, 1.165) is 6.54 Å². The summed E-state index contributed by atoms with van der Waals surface area (Å²) in [5, 5.41) is 12.3. The molecule has 2 aromatic carbocycles. The Kier molecular flexibility index (Phi) is 4.86. The second kappa shape index (κ2) is 6.83. The number of hydrogen-bond acceptors (Lipinski definition) is 2. The SMILES string of the molecule is CC(CNCc1cc(F)ccc1C#N)c1ccccc1. The molecule has 0 aliphatic heterocycles. The Morgan fingerprint density at radius 1 is 1.20 bits per heavy atom. The number of benzene rings is 2. The largest absolute Gasteiger partial charge is 0.312 e. The van der Waals surface area contributed by atoms with Crippen molar-refractivity contribution >= 4 is 0 Å². The van der Waals surface area contributed by atoms with Crippen molar-refractivity contribution in [2.24, 2.45) is 0 Å². The Morgan fingerprint density at radius 3 is 2.65 bits per heavy atom. The van der Waals surface area contributed by atoms with Crippen LogP contribution in [0.5, 0.6) is 0 Å². The molecule has 0 bridgehead atoms. The van der Waals surface area contributed by atoms with Crippen molar-refractivity contribution < 1.29 is 4.39 Å². The van der Waals surface area contributed by atoms with E-state index < -0.39 is 0 Å². The first-order chi connectivity index (χ1) is 9.70. The number of hydrogen-bond donors (Lipinski definition) is 1. The maximum Gasteiger partial charge on any atom is 0.123 e. The van der Waals surface area contributed by atoms with Crippen LogP contribution in [0.15, 0.2) is 48.5 Å². The van der Waals surface area contributed by atoms with Crippen molar-refractivity contribution in [3.8, 4) is 6.07 Å². The summed E-state index contributed by atoms with van der Waals surface area (Å²) >= 11 is 0. The van der Waals surface area contributed by atoms with Crippen LogP contribution in [-0.4, -0.2) is 6.54 Å². The lowest BCUT2D eigenvalue weighted by molar-refractivity contribution is 0.602. The third-order valence-corrected chi connectivity index (χ3v) is 3.32. The van der Waals surface area contributed by atoms with Crippen LogP contribution in [-0.2, 0) is 6.54 Å². The zero-order chi connectivity index (χ0) is 14.4. The highest BCUT2D eigenvalue weighted by Gasteiger charge is 2.06. The molecule has 2 rings (SSSR count). The van der Waals surface area contributed by atoms with Crippen LogP contribution in [0.4, 0.5) is 4.39 Å². The molecule has 0 aromatic heterocycles. The van der Waals surface area contributed by atoms with Gasteiger partial charge in [-0.25, -0.2) is 4.39 Å². The summed E-state index contributed by atoms with van der Waals surface area (Å²) in [6, 6.07) is 16.6. The second-order valence-corrected chi connectivity index (χ2v) is 4.86. The molecule has 2 aromatic rings. The number of nitriles is 1. The fourth-order valence-corrected chi connectivity index (χ4v) is 2.14. The zero-order valence-electron chi connectivity index (χ0n) is 11.4. The van der Waals surface area contributed by atoms with Crippen molar-refractivity contribution in [2.45, 2.75) is 19.4 Å². The fraction of sp³-hybridized carbons (Fsp3) is 0.235. The Morgan fingerprint density at radius 2 is 1.95 bits per heavy atom. The molecule has 0 amide bonds. The Labute approximate surface area is 118 Å². The number of halogens is 1. The van der Waals surface area contributed by atoms with E-state index >= 15 is 0 Å². The first kappa shape index (κ1) is 14.2. The lowest BCUT2D eigenvalue weighted by Crippen LogP contribution is -2.20. The van der Waals surface area contributed by atoms with E-state index in [9.17, 15) is 4.39 Å². The summed E-state index contributed by atoms with van der Waals surface area (Å²) in [5.41, 5.74) is 2.48. The van der Waals surface area contributed by atoms with Gasteiger partial charge in [-0.3, -0.25) is 0 Å². The predicted octanol–water partition coefficient (Wildman–Crippen LogP) is 3.59. The molecule has 0 fully saturated rings. The Hall–Kier alpha value is -2.18. The van der Waals surface area contributed by atoms with Crippen LogP contribution in [0.2, 0.25) is 0 Å². The van der Waals surface area contributed by atoms with Gasteiger partial charge in [0.2, 0.25) is 0 Å². The van der Waals surface area contributed by atoms with Gasteiger partial charge in [-0.15, -0.1) is 0 Å². The summed E-state index contributed by atoms with van der Waals surface area (Å²) in [4.78, 5) is 0. The third-order valence-electron chi connectivity index (χ3n) is 3.32. The smallest absolute Gasteiger partial charge is 0.123 e. The quantitative estimate of drug-likeness (QED) is 0.899. The van der Waals surface area contributed by atoms with Crippen molar-refractivity contribution in [3.05, 3.63) is 71.0 Å². The maximum atomic E-state index is 13.2. The van der Waals surface area contributed by atoms with Crippen LogP contribution in [0.1, 0.15) is 29.5 Å². The molecule has 20 heavy (non-hydrogen) atoms. The Balaban J connectivity index is 1.94. The lowest BCUT2D eigenvalue weighted by atomic mass is 10.0. The lowest BCUT2D eigenvalue weighted by Gasteiger charge is -2.13. The summed E-state index contributed by atoms with van der Waals surface area (Å²) in [5.74, 6) is 0.0622. The minimum Gasteiger partial charge on any atom is -0.312 e. The van der Waals surface area contributed by atoms with E-state index in [1.54, 1.807) is 0 Å². The molecule has 0 saturated heterocycles. The van der Waals surface area contributed by atoms with Crippen molar-refractivity contribution in [1.82, 2.24) is 5.32 Å². The van der Waals surface area contributed by atoms with Crippen LogP contribution in [0.25, 0.3) is 0 Å². The standard InChI is InChI=1S/C17H17FN2/c1-13(14-5-3-2-4-6-14)11-20-12-16-9-17(18)8-7-15(16)10-19/h2-9,13,20H,11-12H2,1H3. The van der Waals surface area contributed by atoms with E-state index in [-0.39, 0.29) is 5.82 Å². The summed E-state index contributed by atoms with van der Waals surface area (Å²) in [6.45, 7) is 3.42. The minimum absolute atomic E-state index is 0.308. The summed E-state index contributed by atoms with van der Waals surface area (Å²) < 4.78 is 13.2. The molecule has 1 atom stereocenters. The molecule has 2 nitrogen and oxygen atoms in total. The molecule has 1 N–H and O–H groups in total. The first-order valence-electron chi connectivity index (χ1n) is 6.65. The number of nitrogens with zero attached hydrogens (tertiary/aromatic N) is 1. The molecule has 0 spiro atoms. The first-order valence-corrected chi connectivity index (χ1v) is 6.65. The van der Waals surface area contributed by atoms with E-state index in [0.29, 0.717) is 23.6 Å². The van der Waals surface area contributed by atoms with Gasteiger partial charge in [0, 0.05) is 13.1 Å². The normalized spacial score (nSPS) is 11.8. The van der Waals surface area contributed by atoms with Gasteiger partial charge in [0.05, 0.1) is 11.6 Å². The molecule has 102 valence electrons. The molecule has 0 aliphatic rings. The van der Waals surface area contributed by atoms with E-state index in [1.165, 1.54) is 23.8 Å². The van der Waals surface area contributed by atoms with Gasteiger partial charge in [-0.05, 0) is 35.2 Å². The topological polar surface area (TPSA) is 35.8 Å². The summed E-state index contributed by atoms with van der Waals surface area (Å²) in [7, 11) is 0. The molecular weight excluding hydrogens is 251 g/mol.